The van der Waals surface area contributed by atoms with E-state index in [-0.39, 0.29) is 13.1 Å². The molecule has 19 heavy (non-hydrogen) atoms. The number of rotatable bonds is 3. The lowest BCUT2D eigenvalue weighted by molar-refractivity contribution is -0.153. The summed E-state index contributed by atoms with van der Waals surface area (Å²) in [6.07, 6.45) is 0. The molecular weight excluding hydrogens is 272 g/mol. The van der Waals surface area contributed by atoms with Crippen molar-refractivity contribution < 1.29 is 19.5 Å². The highest BCUT2D eigenvalue weighted by molar-refractivity contribution is 6.30. The van der Waals surface area contributed by atoms with Crippen molar-refractivity contribution >= 4 is 35.1 Å². The van der Waals surface area contributed by atoms with Gasteiger partial charge in [-0.2, -0.15) is 0 Å². The van der Waals surface area contributed by atoms with Crippen LogP contribution in [0, 0.1) is 0 Å². The van der Waals surface area contributed by atoms with Crippen molar-refractivity contribution in [1.29, 1.82) is 0 Å². The fourth-order valence-corrected chi connectivity index (χ4v) is 1.96. The van der Waals surface area contributed by atoms with E-state index in [0.717, 1.165) is 4.90 Å². The zero-order chi connectivity index (χ0) is 14.0. The van der Waals surface area contributed by atoms with Crippen molar-refractivity contribution in [3.05, 3.63) is 29.3 Å². The van der Waals surface area contributed by atoms with E-state index in [2.05, 4.69) is 0 Å². The largest absolute Gasteiger partial charge is 0.480 e. The molecule has 6 nitrogen and oxygen atoms in total. The summed E-state index contributed by atoms with van der Waals surface area (Å²) in [5.41, 5.74) is 0.695. The number of carboxylic acids is 1. The SMILES string of the molecule is O=C(O)CN1C(=O)CN(c2ccc(Cl)cc2)CC1=O. The second-order valence-electron chi connectivity index (χ2n) is 4.10. The fraction of sp³-hybridized carbons (Fsp3) is 0.250. The maximum atomic E-state index is 11.8. The van der Waals surface area contributed by atoms with E-state index < -0.39 is 24.3 Å². The van der Waals surface area contributed by atoms with E-state index in [1.54, 1.807) is 29.2 Å². The molecule has 0 atom stereocenters. The summed E-state index contributed by atoms with van der Waals surface area (Å²) in [6.45, 7) is -0.645. The molecule has 1 aromatic carbocycles. The molecule has 1 aliphatic heterocycles. The molecule has 0 aliphatic carbocycles. The van der Waals surface area contributed by atoms with E-state index in [1.807, 2.05) is 0 Å². The van der Waals surface area contributed by atoms with Crippen LogP contribution < -0.4 is 4.90 Å². The van der Waals surface area contributed by atoms with Gasteiger partial charge in [-0.3, -0.25) is 19.3 Å². The molecule has 1 heterocycles. The normalized spacial score (nSPS) is 15.8. The zero-order valence-corrected chi connectivity index (χ0v) is 10.6. The molecule has 0 bridgehead atoms. The number of hydrogen-bond donors (Lipinski definition) is 1. The molecule has 0 saturated carbocycles. The van der Waals surface area contributed by atoms with Gasteiger partial charge in [-0.1, -0.05) is 11.6 Å². The molecule has 1 aromatic rings. The molecule has 0 unspecified atom stereocenters. The maximum Gasteiger partial charge on any atom is 0.323 e. The van der Waals surface area contributed by atoms with Crippen LogP contribution in [0.4, 0.5) is 5.69 Å². The molecule has 0 spiro atoms. The van der Waals surface area contributed by atoms with Crippen LogP contribution in [0.2, 0.25) is 5.02 Å². The highest BCUT2D eigenvalue weighted by atomic mass is 35.5. The fourth-order valence-electron chi connectivity index (χ4n) is 1.84. The minimum absolute atomic E-state index is 0.0271. The van der Waals surface area contributed by atoms with Crippen LogP contribution in [0.5, 0.6) is 0 Å². The highest BCUT2D eigenvalue weighted by Gasteiger charge is 2.32. The van der Waals surface area contributed by atoms with Crippen LogP contribution in [-0.2, 0) is 14.4 Å². The Balaban J connectivity index is 2.13. The third-order valence-electron chi connectivity index (χ3n) is 2.74. The van der Waals surface area contributed by atoms with Gasteiger partial charge < -0.3 is 10.0 Å². The first-order chi connectivity index (χ1) is 8.97. The minimum atomic E-state index is -1.21. The van der Waals surface area contributed by atoms with Crippen molar-refractivity contribution in [2.24, 2.45) is 0 Å². The second kappa shape index (κ2) is 5.27. The van der Waals surface area contributed by atoms with Crippen molar-refractivity contribution in [2.75, 3.05) is 24.5 Å². The topological polar surface area (TPSA) is 77.9 Å². The van der Waals surface area contributed by atoms with Crippen LogP contribution in [0.25, 0.3) is 0 Å². The van der Waals surface area contributed by atoms with Gasteiger partial charge in [0, 0.05) is 10.7 Å². The van der Waals surface area contributed by atoms with Gasteiger partial charge in [-0.15, -0.1) is 0 Å². The maximum absolute atomic E-state index is 11.8. The Morgan fingerprint density at radius 1 is 1.16 bits per heavy atom. The Labute approximate surface area is 114 Å². The van der Waals surface area contributed by atoms with Gasteiger partial charge in [0.1, 0.15) is 6.54 Å². The molecule has 0 radical (unpaired) electrons. The van der Waals surface area contributed by atoms with Crippen LogP contribution in [0.3, 0.4) is 0 Å². The number of aliphatic carboxylic acids is 1. The molecular formula is C12H11ClN2O4. The van der Waals surface area contributed by atoms with Crippen LogP contribution >= 0.6 is 11.6 Å². The Bertz CT molecular complexity index is 511. The van der Waals surface area contributed by atoms with Gasteiger partial charge in [0.25, 0.3) is 0 Å². The Morgan fingerprint density at radius 2 is 1.68 bits per heavy atom. The summed E-state index contributed by atoms with van der Waals surface area (Å²) in [5, 5.41) is 9.20. The number of carbonyl (C=O) groups excluding carboxylic acids is 2. The molecule has 2 amide bonds. The van der Waals surface area contributed by atoms with Crippen molar-refractivity contribution in [3.63, 3.8) is 0 Å². The number of hydrogen-bond acceptors (Lipinski definition) is 4. The molecule has 0 aromatic heterocycles. The van der Waals surface area contributed by atoms with Gasteiger partial charge in [-0.25, -0.2) is 0 Å². The highest BCUT2D eigenvalue weighted by Crippen LogP contribution is 2.20. The third-order valence-corrected chi connectivity index (χ3v) is 2.99. The van der Waals surface area contributed by atoms with Crippen molar-refractivity contribution in [1.82, 2.24) is 4.90 Å². The van der Waals surface area contributed by atoms with E-state index in [0.29, 0.717) is 10.7 Å². The number of benzene rings is 1. The Kier molecular flexibility index (Phi) is 3.71. The van der Waals surface area contributed by atoms with E-state index in [1.165, 1.54) is 0 Å². The van der Waals surface area contributed by atoms with E-state index in [9.17, 15) is 14.4 Å². The number of carbonyl (C=O) groups is 3. The first-order valence-corrected chi connectivity index (χ1v) is 5.90. The first-order valence-electron chi connectivity index (χ1n) is 5.53. The van der Waals surface area contributed by atoms with Crippen molar-refractivity contribution in [2.45, 2.75) is 0 Å². The number of carboxylic acid groups (broad SMARTS) is 1. The summed E-state index contributed by atoms with van der Waals surface area (Å²) in [5.74, 6) is -2.25. The van der Waals surface area contributed by atoms with Gasteiger partial charge in [0.05, 0.1) is 13.1 Å². The van der Waals surface area contributed by atoms with Crippen LogP contribution in [-0.4, -0.2) is 47.4 Å². The molecule has 100 valence electrons. The van der Waals surface area contributed by atoms with Crippen LogP contribution in [0.1, 0.15) is 0 Å². The summed E-state index contributed by atoms with van der Waals surface area (Å²) >= 11 is 5.76. The average Bonchev–Trinajstić information content (AvgIpc) is 2.34. The summed E-state index contributed by atoms with van der Waals surface area (Å²) in [7, 11) is 0. The third kappa shape index (κ3) is 3.03. The summed E-state index contributed by atoms with van der Waals surface area (Å²) in [6, 6.07) is 6.73. The lowest BCUT2D eigenvalue weighted by Crippen LogP contribution is -2.55. The Morgan fingerprint density at radius 3 is 2.16 bits per heavy atom. The number of piperazine rings is 1. The number of halogens is 1. The van der Waals surface area contributed by atoms with E-state index >= 15 is 0 Å². The zero-order valence-electron chi connectivity index (χ0n) is 9.88. The standard InChI is InChI=1S/C12H11ClN2O4/c13-8-1-3-9(4-2-8)14-5-10(16)15(7-12(18)19)11(17)6-14/h1-4H,5-7H2,(H,18,19). The quantitative estimate of drug-likeness (QED) is 0.822. The number of amides is 2. The summed E-state index contributed by atoms with van der Waals surface area (Å²) in [4.78, 5) is 36.4. The molecule has 7 heteroatoms. The average molecular weight is 283 g/mol. The van der Waals surface area contributed by atoms with Crippen LogP contribution in [0.15, 0.2) is 24.3 Å². The minimum Gasteiger partial charge on any atom is -0.480 e. The van der Waals surface area contributed by atoms with Gasteiger partial charge in [-0.05, 0) is 24.3 Å². The Hall–Kier alpha value is -2.08. The molecule has 2 rings (SSSR count). The molecule has 1 fully saturated rings. The predicted octanol–water partition coefficient (Wildman–Crippen LogP) is 0.600. The van der Waals surface area contributed by atoms with Gasteiger partial charge in [0.2, 0.25) is 11.8 Å². The predicted molar refractivity (Wildman–Crippen MR) is 68.0 cm³/mol. The lowest BCUT2D eigenvalue weighted by Gasteiger charge is -2.33. The lowest BCUT2D eigenvalue weighted by atomic mass is 10.2. The first kappa shape index (κ1) is 13.4. The van der Waals surface area contributed by atoms with Gasteiger partial charge >= 0.3 is 5.97 Å². The second-order valence-corrected chi connectivity index (χ2v) is 4.54. The monoisotopic (exact) mass is 282 g/mol. The molecule has 1 aliphatic rings. The summed E-state index contributed by atoms with van der Waals surface area (Å²) < 4.78 is 0. The number of nitrogens with zero attached hydrogens (tertiary/aromatic N) is 2. The number of anilines is 1. The van der Waals surface area contributed by atoms with Gasteiger partial charge in [0.15, 0.2) is 0 Å². The smallest absolute Gasteiger partial charge is 0.323 e. The van der Waals surface area contributed by atoms with Crippen molar-refractivity contribution in [3.8, 4) is 0 Å². The molecule has 1 saturated heterocycles. The molecule has 1 N–H and O–H groups in total. The number of imide groups is 1. The van der Waals surface area contributed by atoms with E-state index in [4.69, 9.17) is 16.7 Å².